The van der Waals surface area contributed by atoms with Crippen molar-refractivity contribution in [2.75, 3.05) is 0 Å². The zero-order valence-electron chi connectivity index (χ0n) is 17.0. The molecule has 32 heavy (non-hydrogen) atoms. The van der Waals surface area contributed by atoms with Crippen molar-refractivity contribution in [2.45, 2.75) is 0 Å². The van der Waals surface area contributed by atoms with Crippen molar-refractivity contribution < 1.29 is 14.5 Å². The lowest BCUT2D eigenvalue weighted by Crippen LogP contribution is -2.22. The number of hydrogen-bond acceptors (Lipinski definition) is 5. The summed E-state index contributed by atoms with van der Waals surface area (Å²) in [5.41, 5.74) is 3.20. The summed E-state index contributed by atoms with van der Waals surface area (Å²) in [5, 5.41) is 24.2. The summed E-state index contributed by atoms with van der Waals surface area (Å²) in [4.78, 5) is 36.5. The second-order valence-electron chi connectivity index (χ2n) is 7.64. The first-order chi connectivity index (χ1) is 15.3. The third-order valence-corrected chi connectivity index (χ3v) is 5.77. The lowest BCUT2D eigenvalue weighted by Gasteiger charge is -2.03. The first-order valence-electron chi connectivity index (χ1n) is 9.63. The van der Waals surface area contributed by atoms with Gasteiger partial charge in [-0.25, -0.2) is 0 Å². The molecule has 9 nitrogen and oxygen atoms in total. The predicted molar refractivity (Wildman–Crippen MR) is 117 cm³/mol. The van der Waals surface area contributed by atoms with E-state index >= 15 is 0 Å². The average molecular weight is 425 g/mol. The molecule has 0 atom stereocenters. The molecule has 0 saturated heterocycles. The van der Waals surface area contributed by atoms with Gasteiger partial charge >= 0.3 is 0 Å². The number of carbonyl (C=O) groups excluding carboxylic acids is 2. The topological polar surface area (TPSA) is 123 Å². The molecular formula is C23H15N5O4. The number of aromatic nitrogens is 2. The van der Waals surface area contributed by atoms with E-state index in [4.69, 9.17) is 0 Å². The summed E-state index contributed by atoms with van der Waals surface area (Å²) in [7, 11) is 3.55. The maximum atomic E-state index is 12.9. The van der Waals surface area contributed by atoms with Crippen LogP contribution in [0.25, 0.3) is 33.0 Å². The number of fused-ring (bicyclic) bond motifs is 2. The minimum Gasteiger partial charge on any atom is -0.350 e. The first kappa shape index (κ1) is 19.3. The fraction of sp³-hybridized carbons (Fsp3) is 0.0870. The molecule has 1 aliphatic heterocycles. The van der Waals surface area contributed by atoms with Crippen molar-refractivity contribution in [1.82, 2.24) is 14.5 Å². The van der Waals surface area contributed by atoms with E-state index in [1.165, 1.54) is 12.1 Å². The first-order valence-corrected chi connectivity index (χ1v) is 9.63. The van der Waals surface area contributed by atoms with Gasteiger partial charge in [0.25, 0.3) is 17.5 Å². The van der Waals surface area contributed by atoms with E-state index in [1.54, 1.807) is 48.3 Å². The third kappa shape index (κ3) is 2.63. The highest BCUT2D eigenvalue weighted by molar-refractivity contribution is 6.50. The van der Waals surface area contributed by atoms with Gasteiger partial charge < -0.3 is 9.13 Å². The fourth-order valence-corrected chi connectivity index (χ4v) is 4.32. The maximum Gasteiger partial charge on any atom is 0.271 e. The van der Waals surface area contributed by atoms with Crippen LogP contribution in [0.2, 0.25) is 0 Å². The molecule has 9 heteroatoms. The van der Waals surface area contributed by atoms with E-state index in [1.807, 2.05) is 11.6 Å². The van der Waals surface area contributed by atoms with Gasteiger partial charge in [-0.2, -0.15) is 5.26 Å². The Labute approximate surface area is 180 Å². The molecule has 156 valence electrons. The van der Waals surface area contributed by atoms with Gasteiger partial charge in [0, 0.05) is 66.0 Å². The number of nitro groups is 1. The quantitative estimate of drug-likeness (QED) is 0.307. The van der Waals surface area contributed by atoms with Gasteiger partial charge in [0.05, 0.1) is 33.2 Å². The molecule has 0 saturated carbocycles. The van der Waals surface area contributed by atoms with Gasteiger partial charge in [-0.15, -0.1) is 0 Å². The van der Waals surface area contributed by atoms with Crippen LogP contribution in [-0.4, -0.2) is 25.9 Å². The van der Waals surface area contributed by atoms with E-state index in [0.717, 1.165) is 5.52 Å². The molecule has 0 unspecified atom stereocenters. The number of nitrogens with zero attached hydrogens (tertiary/aromatic N) is 4. The Balaban J connectivity index is 1.84. The van der Waals surface area contributed by atoms with Crippen LogP contribution in [0.1, 0.15) is 16.7 Å². The number of carbonyl (C=O) groups is 2. The summed E-state index contributed by atoms with van der Waals surface area (Å²) in [6.45, 7) is 0. The Bertz CT molecular complexity index is 1600. The monoisotopic (exact) mass is 425 g/mol. The Hall–Kier alpha value is -4.71. The molecule has 2 aromatic heterocycles. The number of nitriles is 1. The molecule has 1 aliphatic rings. The molecule has 0 aliphatic carbocycles. The van der Waals surface area contributed by atoms with Crippen LogP contribution in [0.4, 0.5) is 5.69 Å². The fourth-order valence-electron chi connectivity index (χ4n) is 4.32. The van der Waals surface area contributed by atoms with Crippen molar-refractivity contribution in [3.05, 3.63) is 75.6 Å². The lowest BCUT2D eigenvalue weighted by atomic mass is 9.95. The summed E-state index contributed by atoms with van der Waals surface area (Å²) in [6, 6.07) is 11.7. The molecule has 2 amide bonds. The van der Waals surface area contributed by atoms with E-state index in [2.05, 4.69) is 11.4 Å². The zero-order valence-corrected chi connectivity index (χ0v) is 17.0. The highest BCUT2D eigenvalue weighted by atomic mass is 16.6. The number of aryl methyl sites for hydroxylation is 2. The largest absolute Gasteiger partial charge is 0.350 e. The normalized spacial score (nSPS) is 13.8. The van der Waals surface area contributed by atoms with Gasteiger partial charge in [-0.3, -0.25) is 25.0 Å². The molecule has 0 fully saturated rings. The summed E-state index contributed by atoms with van der Waals surface area (Å²) < 4.78 is 3.52. The molecule has 4 aromatic rings. The molecule has 1 N–H and O–H groups in total. The molecule has 3 heterocycles. The zero-order chi connectivity index (χ0) is 22.7. The highest BCUT2D eigenvalue weighted by Crippen LogP contribution is 2.39. The molecule has 5 rings (SSSR count). The summed E-state index contributed by atoms with van der Waals surface area (Å²) in [5.74, 6) is -1.07. The van der Waals surface area contributed by atoms with Crippen LogP contribution in [-0.2, 0) is 23.7 Å². The number of amides is 2. The van der Waals surface area contributed by atoms with Gasteiger partial charge in [-0.05, 0) is 24.3 Å². The van der Waals surface area contributed by atoms with Gasteiger partial charge in [0.2, 0.25) is 0 Å². The minimum atomic E-state index is -0.538. The molecule has 0 bridgehead atoms. The number of imide groups is 1. The van der Waals surface area contributed by atoms with Crippen LogP contribution in [0, 0.1) is 21.4 Å². The van der Waals surface area contributed by atoms with Crippen LogP contribution < -0.4 is 5.32 Å². The Morgan fingerprint density at radius 2 is 1.53 bits per heavy atom. The van der Waals surface area contributed by atoms with Crippen molar-refractivity contribution in [2.24, 2.45) is 14.1 Å². The number of nitro benzene ring substituents is 1. The lowest BCUT2D eigenvalue weighted by molar-refractivity contribution is -0.384. The van der Waals surface area contributed by atoms with Crippen LogP contribution >= 0.6 is 0 Å². The van der Waals surface area contributed by atoms with Gasteiger partial charge in [0.1, 0.15) is 0 Å². The number of hydrogen-bond donors (Lipinski definition) is 1. The predicted octanol–water partition coefficient (Wildman–Crippen LogP) is 3.02. The molecule has 0 radical (unpaired) electrons. The van der Waals surface area contributed by atoms with E-state index in [-0.39, 0.29) is 16.8 Å². The van der Waals surface area contributed by atoms with Crippen LogP contribution in [0.3, 0.4) is 0 Å². The van der Waals surface area contributed by atoms with Crippen molar-refractivity contribution in [3.8, 4) is 6.07 Å². The standard InChI is InChI=1S/C23H15N5O4/c1-26-11-17(15-7-12(9-24)3-6-18(15)26)21-20(22(29)25-23(21)30)16-10-27(2)19-8-13(28(31)32)4-5-14(16)19/h3-8,10-11H,1-2H3,(H,25,29,30). The van der Waals surface area contributed by atoms with Crippen molar-refractivity contribution >= 4 is 50.5 Å². The van der Waals surface area contributed by atoms with Crippen LogP contribution in [0.5, 0.6) is 0 Å². The molecule has 0 spiro atoms. The summed E-state index contributed by atoms with van der Waals surface area (Å²) in [6.07, 6.45) is 3.45. The third-order valence-electron chi connectivity index (χ3n) is 5.77. The van der Waals surface area contributed by atoms with E-state index in [0.29, 0.717) is 33.0 Å². The van der Waals surface area contributed by atoms with Crippen LogP contribution in [0.15, 0.2) is 48.8 Å². The number of nitrogens with one attached hydrogen (secondary N) is 1. The molecular weight excluding hydrogens is 410 g/mol. The average Bonchev–Trinajstić information content (AvgIpc) is 3.37. The number of benzene rings is 2. The Kier molecular flexibility index (Phi) is 4.00. The van der Waals surface area contributed by atoms with Crippen molar-refractivity contribution in [1.29, 1.82) is 5.26 Å². The Morgan fingerprint density at radius 1 is 0.906 bits per heavy atom. The highest BCUT2D eigenvalue weighted by Gasteiger charge is 2.35. The SMILES string of the molecule is Cn1cc(C2=C(c3cn(C)c4cc([N+](=O)[O-])ccc34)C(=O)NC2=O)c2cc(C#N)ccc21. The number of rotatable bonds is 3. The second kappa shape index (κ2) is 6.65. The Morgan fingerprint density at radius 3 is 2.16 bits per heavy atom. The van der Waals surface area contributed by atoms with Crippen molar-refractivity contribution in [3.63, 3.8) is 0 Å². The van der Waals surface area contributed by atoms with E-state index in [9.17, 15) is 25.0 Å². The molecule has 2 aromatic carbocycles. The second-order valence-corrected chi connectivity index (χ2v) is 7.64. The smallest absolute Gasteiger partial charge is 0.271 e. The number of non-ortho nitro benzene ring substituents is 1. The van der Waals surface area contributed by atoms with Gasteiger partial charge in [0.15, 0.2) is 0 Å². The van der Waals surface area contributed by atoms with E-state index < -0.39 is 16.7 Å². The van der Waals surface area contributed by atoms with Gasteiger partial charge in [-0.1, -0.05) is 0 Å². The summed E-state index contributed by atoms with van der Waals surface area (Å²) >= 11 is 0. The minimum absolute atomic E-state index is 0.0653. The maximum absolute atomic E-state index is 12.9.